The fourth-order valence-corrected chi connectivity index (χ4v) is 1.60. The zero-order chi connectivity index (χ0) is 15.0. The van der Waals surface area contributed by atoms with Crippen LogP contribution in [0.3, 0.4) is 0 Å². The fourth-order valence-electron chi connectivity index (χ4n) is 1.60. The van der Waals surface area contributed by atoms with Crippen LogP contribution in [0.1, 0.15) is 11.6 Å². The van der Waals surface area contributed by atoms with Gasteiger partial charge in [0, 0.05) is 13.7 Å². The van der Waals surface area contributed by atoms with Crippen LogP contribution in [0.2, 0.25) is 0 Å². The molecule has 20 heavy (non-hydrogen) atoms. The fraction of sp³-hybridized carbons (Fsp3) is 0.462. The molecule has 0 aromatic heterocycles. The predicted molar refractivity (Wildman–Crippen MR) is 67.9 cm³/mol. The molecule has 1 N–H and O–H groups in total. The van der Waals surface area contributed by atoms with Crippen LogP contribution >= 0.6 is 0 Å². The smallest absolute Gasteiger partial charge is 0.387 e. The monoisotopic (exact) mass is 286 g/mol. The SMILES string of the molecule is COCCNC(C#N)c1ccc(OC)c(OC(F)F)c1. The highest BCUT2D eigenvalue weighted by Gasteiger charge is 2.15. The molecule has 5 nitrogen and oxygen atoms in total. The van der Waals surface area contributed by atoms with Crippen molar-refractivity contribution in [1.82, 2.24) is 5.32 Å². The quantitative estimate of drug-likeness (QED) is 0.741. The average molecular weight is 286 g/mol. The molecule has 1 rings (SSSR count). The first-order chi connectivity index (χ1) is 9.62. The van der Waals surface area contributed by atoms with Crippen LogP contribution in [0.4, 0.5) is 8.78 Å². The van der Waals surface area contributed by atoms with E-state index in [1.165, 1.54) is 19.2 Å². The van der Waals surface area contributed by atoms with Crippen molar-refractivity contribution in [2.45, 2.75) is 12.7 Å². The van der Waals surface area contributed by atoms with Crippen molar-refractivity contribution in [3.05, 3.63) is 23.8 Å². The maximum absolute atomic E-state index is 12.3. The standard InChI is InChI=1S/C13H16F2N2O3/c1-18-6-5-17-10(8-16)9-3-4-11(19-2)12(7-9)20-13(14)15/h3-4,7,10,13,17H,5-6H2,1-2H3. The summed E-state index contributed by atoms with van der Waals surface area (Å²) in [5.41, 5.74) is 0.514. The Balaban J connectivity index is 2.90. The lowest BCUT2D eigenvalue weighted by atomic mass is 10.1. The van der Waals surface area contributed by atoms with Gasteiger partial charge in [-0.2, -0.15) is 14.0 Å². The Labute approximate surface area is 116 Å². The van der Waals surface area contributed by atoms with E-state index in [1.54, 1.807) is 13.2 Å². The number of alkyl halides is 2. The van der Waals surface area contributed by atoms with Crippen LogP contribution in [0.5, 0.6) is 11.5 Å². The number of nitriles is 1. The molecule has 0 saturated heterocycles. The van der Waals surface area contributed by atoms with E-state index in [-0.39, 0.29) is 11.5 Å². The van der Waals surface area contributed by atoms with Crippen molar-refractivity contribution in [3.8, 4) is 17.6 Å². The lowest BCUT2D eigenvalue weighted by Crippen LogP contribution is -2.24. The summed E-state index contributed by atoms with van der Waals surface area (Å²) in [6.45, 7) is -2.05. The van der Waals surface area contributed by atoms with E-state index in [9.17, 15) is 8.78 Å². The molecule has 1 atom stereocenters. The zero-order valence-electron chi connectivity index (χ0n) is 11.2. The van der Waals surface area contributed by atoms with Gasteiger partial charge in [0.15, 0.2) is 11.5 Å². The van der Waals surface area contributed by atoms with E-state index < -0.39 is 12.7 Å². The summed E-state index contributed by atoms with van der Waals surface area (Å²) in [6.07, 6.45) is 0. The number of hydrogen-bond donors (Lipinski definition) is 1. The summed E-state index contributed by atoms with van der Waals surface area (Å²) < 4.78 is 38.8. The highest BCUT2D eigenvalue weighted by Crippen LogP contribution is 2.31. The summed E-state index contributed by atoms with van der Waals surface area (Å²) in [5.74, 6) is 0.0800. The third-order valence-corrected chi connectivity index (χ3v) is 2.52. The van der Waals surface area contributed by atoms with Crippen LogP contribution in [0.25, 0.3) is 0 Å². The number of methoxy groups -OCH3 is 2. The molecule has 1 aromatic carbocycles. The van der Waals surface area contributed by atoms with Crippen molar-refractivity contribution in [2.75, 3.05) is 27.4 Å². The first-order valence-corrected chi connectivity index (χ1v) is 5.87. The summed E-state index contributed by atoms with van der Waals surface area (Å²) in [5, 5.41) is 12.0. The van der Waals surface area contributed by atoms with Gasteiger partial charge in [-0.1, -0.05) is 6.07 Å². The lowest BCUT2D eigenvalue weighted by molar-refractivity contribution is -0.0512. The first kappa shape index (κ1) is 16.1. The summed E-state index contributed by atoms with van der Waals surface area (Å²) in [4.78, 5) is 0. The number of nitrogens with zero attached hydrogens (tertiary/aromatic N) is 1. The topological polar surface area (TPSA) is 63.5 Å². The summed E-state index contributed by atoms with van der Waals surface area (Å²) >= 11 is 0. The van der Waals surface area contributed by atoms with Gasteiger partial charge in [0.2, 0.25) is 0 Å². The van der Waals surface area contributed by atoms with Crippen LogP contribution in [-0.2, 0) is 4.74 Å². The molecule has 0 spiro atoms. The first-order valence-electron chi connectivity index (χ1n) is 5.87. The minimum atomic E-state index is -2.96. The Morgan fingerprint density at radius 2 is 2.05 bits per heavy atom. The molecule has 0 aliphatic heterocycles. The third-order valence-electron chi connectivity index (χ3n) is 2.52. The molecular weight excluding hydrogens is 270 g/mol. The molecule has 1 unspecified atom stereocenters. The average Bonchev–Trinajstić information content (AvgIpc) is 2.43. The van der Waals surface area contributed by atoms with Gasteiger partial charge in [-0.3, -0.25) is 5.32 Å². The predicted octanol–water partition coefficient (Wildman–Crippen LogP) is 2.10. The van der Waals surface area contributed by atoms with E-state index in [4.69, 9.17) is 14.7 Å². The van der Waals surface area contributed by atoms with Gasteiger partial charge in [-0.25, -0.2) is 0 Å². The number of halogens is 2. The molecular formula is C13H16F2N2O3. The van der Waals surface area contributed by atoms with Crippen LogP contribution < -0.4 is 14.8 Å². The third kappa shape index (κ3) is 4.64. The van der Waals surface area contributed by atoms with E-state index >= 15 is 0 Å². The second-order valence-electron chi connectivity index (χ2n) is 3.80. The molecule has 0 fully saturated rings. The van der Waals surface area contributed by atoms with Crippen molar-refractivity contribution >= 4 is 0 Å². The molecule has 0 bridgehead atoms. The molecule has 0 saturated carbocycles. The highest BCUT2D eigenvalue weighted by molar-refractivity contribution is 5.44. The molecule has 0 radical (unpaired) electrons. The maximum atomic E-state index is 12.3. The van der Waals surface area contributed by atoms with Gasteiger partial charge in [0.05, 0.1) is 19.8 Å². The van der Waals surface area contributed by atoms with Gasteiger partial charge < -0.3 is 14.2 Å². The minimum Gasteiger partial charge on any atom is -0.493 e. The van der Waals surface area contributed by atoms with Gasteiger partial charge >= 0.3 is 6.61 Å². The normalized spacial score (nSPS) is 12.0. The van der Waals surface area contributed by atoms with Crippen molar-refractivity contribution in [2.24, 2.45) is 0 Å². The largest absolute Gasteiger partial charge is 0.493 e. The Kier molecular flexibility index (Phi) is 6.70. The van der Waals surface area contributed by atoms with Crippen LogP contribution in [0, 0.1) is 11.3 Å². The maximum Gasteiger partial charge on any atom is 0.387 e. The lowest BCUT2D eigenvalue weighted by Gasteiger charge is -2.15. The molecule has 7 heteroatoms. The molecule has 0 amide bonds. The molecule has 1 aromatic rings. The van der Waals surface area contributed by atoms with Crippen LogP contribution in [-0.4, -0.2) is 34.0 Å². The van der Waals surface area contributed by atoms with Crippen molar-refractivity contribution < 1.29 is 23.0 Å². The van der Waals surface area contributed by atoms with E-state index in [0.717, 1.165) is 0 Å². The molecule has 0 aliphatic rings. The number of ether oxygens (including phenoxy) is 3. The number of nitrogens with one attached hydrogen (secondary N) is 1. The second kappa shape index (κ2) is 8.30. The highest BCUT2D eigenvalue weighted by atomic mass is 19.3. The van der Waals surface area contributed by atoms with Gasteiger partial charge in [0.25, 0.3) is 0 Å². The molecule has 0 aliphatic carbocycles. The van der Waals surface area contributed by atoms with E-state index in [2.05, 4.69) is 10.1 Å². The van der Waals surface area contributed by atoms with E-state index in [1.807, 2.05) is 6.07 Å². The Morgan fingerprint density at radius 3 is 2.60 bits per heavy atom. The van der Waals surface area contributed by atoms with Crippen molar-refractivity contribution in [3.63, 3.8) is 0 Å². The summed E-state index contributed by atoms with van der Waals surface area (Å²) in [7, 11) is 2.90. The number of rotatable bonds is 8. The van der Waals surface area contributed by atoms with Crippen LogP contribution in [0.15, 0.2) is 18.2 Å². The van der Waals surface area contributed by atoms with Gasteiger partial charge in [-0.15, -0.1) is 0 Å². The second-order valence-corrected chi connectivity index (χ2v) is 3.80. The van der Waals surface area contributed by atoms with E-state index in [0.29, 0.717) is 18.7 Å². The van der Waals surface area contributed by atoms with Crippen molar-refractivity contribution in [1.29, 1.82) is 5.26 Å². The number of hydrogen-bond acceptors (Lipinski definition) is 5. The molecule has 110 valence electrons. The Bertz CT molecular complexity index is 463. The summed E-state index contributed by atoms with van der Waals surface area (Å²) in [6, 6.07) is 5.86. The van der Waals surface area contributed by atoms with Gasteiger partial charge in [-0.05, 0) is 17.7 Å². The minimum absolute atomic E-state index is 0.103. The Hall–Kier alpha value is -1.91. The number of benzene rings is 1. The van der Waals surface area contributed by atoms with Gasteiger partial charge in [0.1, 0.15) is 6.04 Å². The molecule has 0 heterocycles. The Morgan fingerprint density at radius 1 is 1.30 bits per heavy atom. The zero-order valence-corrected chi connectivity index (χ0v) is 11.2.